The number of nitrogens with zero attached hydrogens (tertiary/aromatic N) is 1. The quantitative estimate of drug-likeness (QED) is 0.658. The van der Waals surface area contributed by atoms with Crippen molar-refractivity contribution in [1.29, 1.82) is 0 Å². The maximum atomic E-state index is 6.00. The molecule has 5 heteroatoms. The standard InChI is InChI=1S/C18H27N3O2/c19-18(20-10-9-14-5-2-1-3-6-14)21-15-7-8-16-17(13-15)23-12-4-11-22-16/h7-8,13-14H,1-6,9-12H2,(H3,19,20,21). The lowest BCUT2D eigenvalue weighted by Crippen LogP contribution is -2.23. The van der Waals surface area contributed by atoms with Crippen LogP contribution in [-0.2, 0) is 0 Å². The Hall–Kier alpha value is -1.91. The number of fused-ring (bicyclic) bond motifs is 1. The largest absolute Gasteiger partial charge is 0.490 e. The van der Waals surface area contributed by atoms with Gasteiger partial charge in [-0.1, -0.05) is 32.1 Å². The van der Waals surface area contributed by atoms with E-state index < -0.39 is 0 Å². The van der Waals surface area contributed by atoms with Crippen molar-refractivity contribution >= 4 is 11.6 Å². The Balaban J connectivity index is 1.51. The smallest absolute Gasteiger partial charge is 0.193 e. The zero-order valence-electron chi connectivity index (χ0n) is 13.7. The van der Waals surface area contributed by atoms with Crippen molar-refractivity contribution in [2.45, 2.75) is 44.9 Å². The van der Waals surface area contributed by atoms with Gasteiger partial charge in [0.25, 0.3) is 0 Å². The highest BCUT2D eigenvalue weighted by atomic mass is 16.5. The minimum atomic E-state index is 0.468. The van der Waals surface area contributed by atoms with Crippen LogP contribution in [0.3, 0.4) is 0 Å². The van der Waals surface area contributed by atoms with Crippen molar-refractivity contribution in [1.82, 2.24) is 0 Å². The first kappa shape index (κ1) is 16.0. The molecule has 1 heterocycles. The number of nitrogens with two attached hydrogens (primary N) is 1. The molecule has 1 fully saturated rings. The average molecular weight is 317 g/mol. The summed E-state index contributed by atoms with van der Waals surface area (Å²) in [5, 5.41) is 3.14. The van der Waals surface area contributed by atoms with Gasteiger partial charge >= 0.3 is 0 Å². The van der Waals surface area contributed by atoms with E-state index in [1.54, 1.807) is 0 Å². The molecule has 2 aliphatic rings. The predicted molar refractivity (Wildman–Crippen MR) is 93.4 cm³/mol. The van der Waals surface area contributed by atoms with Crippen molar-refractivity contribution in [2.24, 2.45) is 16.6 Å². The van der Waals surface area contributed by atoms with Crippen LogP contribution in [0.15, 0.2) is 23.2 Å². The number of benzene rings is 1. The van der Waals surface area contributed by atoms with Gasteiger partial charge in [-0.2, -0.15) is 0 Å². The monoisotopic (exact) mass is 317 g/mol. The van der Waals surface area contributed by atoms with Gasteiger partial charge in [-0.3, -0.25) is 4.99 Å². The van der Waals surface area contributed by atoms with Crippen molar-refractivity contribution in [2.75, 3.05) is 25.1 Å². The van der Waals surface area contributed by atoms with Gasteiger partial charge in [0.1, 0.15) is 0 Å². The minimum absolute atomic E-state index is 0.468. The van der Waals surface area contributed by atoms with Crippen LogP contribution in [0.1, 0.15) is 44.9 Å². The third-order valence-corrected chi connectivity index (χ3v) is 4.56. The fourth-order valence-electron chi connectivity index (χ4n) is 3.27. The summed E-state index contributed by atoms with van der Waals surface area (Å²) in [6, 6.07) is 5.78. The molecule has 0 bridgehead atoms. The summed E-state index contributed by atoms with van der Waals surface area (Å²) < 4.78 is 11.3. The Kier molecular flexibility index (Phi) is 5.61. The van der Waals surface area contributed by atoms with Crippen LogP contribution in [0.25, 0.3) is 0 Å². The Morgan fingerprint density at radius 2 is 1.87 bits per heavy atom. The molecule has 0 spiro atoms. The maximum absolute atomic E-state index is 6.00. The summed E-state index contributed by atoms with van der Waals surface area (Å²) >= 11 is 0. The van der Waals surface area contributed by atoms with Gasteiger partial charge in [-0.15, -0.1) is 0 Å². The third-order valence-electron chi connectivity index (χ3n) is 4.56. The van der Waals surface area contributed by atoms with Gasteiger partial charge in [-0.25, -0.2) is 0 Å². The second-order valence-electron chi connectivity index (χ2n) is 6.40. The molecule has 1 aromatic carbocycles. The van der Waals surface area contributed by atoms with Crippen LogP contribution in [0, 0.1) is 5.92 Å². The van der Waals surface area contributed by atoms with Crippen LogP contribution in [-0.4, -0.2) is 25.7 Å². The molecule has 0 saturated heterocycles. The Bertz CT molecular complexity index is 539. The Labute approximate surface area is 138 Å². The first-order valence-corrected chi connectivity index (χ1v) is 8.78. The van der Waals surface area contributed by atoms with Crippen LogP contribution >= 0.6 is 0 Å². The summed E-state index contributed by atoms with van der Waals surface area (Å²) in [4.78, 5) is 4.46. The first-order chi connectivity index (χ1) is 11.3. The molecule has 0 amide bonds. The van der Waals surface area contributed by atoms with E-state index in [2.05, 4.69) is 10.3 Å². The van der Waals surface area contributed by atoms with Crippen molar-refractivity contribution in [3.63, 3.8) is 0 Å². The fraction of sp³-hybridized carbons (Fsp3) is 0.611. The molecule has 1 saturated carbocycles. The van der Waals surface area contributed by atoms with Gasteiger partial charge < -0.3 is 20.5 Å². The molecule has 126 valence electrons. The Morgan fingerprint density at radius 1 is 1.09 bits per heavy atom. The van der Waals surface area contributed by atoms with E-state index in [0.29, 0.717) is 19.2 Å². The summed E-state index contributed by atoms with van der Waals surface area (Å²) in [6.07, 6.45) is 8.90. The second kappa shape index (κ2) is 8.09. The van der Waals surface area contributed by atoms with E-state index in [-0.39, 0.29) is 0 Å². The van der Waals surface area contributed by atoms with Gasteiger partial charge in [0, 0.05) is 24.7 Å². The second-order valence-corrected chi connectivity index (χ2v) is 6.40. The lowest BCUT2D eigenvalue weighted by atomic mass is 9.87. The first-order valence-electron chi connectivity index (χ1n) is 8.78. The van der Waals surface area contributed by atoms with E-state index >= 15 is 0 Å². The molecule has 0 unspecified atom stereocenters. The van der Waals surface area contributed by atoms with E-state index in [4.69, 9.17) is 15.2 Å². The van der Waals surface area contributed by atoms with E-state index in [0.717, 1.165) is 42.5 Å². The van der Waals surface area contributed by atoms with Gasteiger partial charge in [0.2, 0.25) is 0 Å². The van der Waals surface area contributed by atoms with E-state index in [1.165, 1.54) is 32.1 Å². The number of guanidine groups is 1. The maximum Gasteiger partial charge on any atom is 0.193 e. The lowest BCUT2D eigenvalue weighted by molar-refractivity contribution is 0.297. The summed E-state index contributed by atoms with van der Waals surface area (Å²) in [6.45, 7) is 2.18. The number of hydrogen-bond donors (Lipinski definition) is 2. The Morgan fingerprint density at radius 3 is 2.70 bits per heavy atom. The van der Waals surface area contributed by atoms with Crippen LogP contribution in [0.5, 0.6) is 11.5 Å². The van der Waals surface area contributed by atoms with Crippen molar-refractivity contribution in [3.8, 4) is 11.5 Å². The SMILES string of the molecule is NC(=NCCC1CCCCC1)Nc1ccc2c(c1)OCCCO2. The molecule has 0 atom stereocenters. The van der Waals surface area contributed by atoms with Crippen LogP contribution in [0.2, 0.25) is 0 Å². The zero-order chi connectivity index (χ0) is 15.9. The highest BCUT2D eigenvalue weighted by molar-refractivity contribution is 5.92. The molecule has 1 aliphatic carbocycles. The normalized spacial score (nSPS) is 19.2. The van der Waals surface area contributed by atoms with Crippen LogP contribution in [0.4, 0.5) is 5.69 Å². The topological polar surface area (TPSA) is 68.9 Å². The predicted octanol–water partition coefficient (Wildman–Crippen LogP) is 3.54. The molecule has 5 nitrogen and oxygen atoms in total. The fourth-order valence-corrected chi connectivity index (χ4v) is 3.27. The van der Waals surface area contributed by atoms with Crippen molar-refractivity contribution in [3.05, 3.63) is 18.2 Å². The number of anilines is 1. The molecule has 0 aromatic heterocycles. The zero-order valence-corrected chi connectivity index (χ0v) is 13.7. The minimum Gasteiger partial charge on any atom is -0.490 e. The molecule has 0 radical (unpaired) electrons. The molecule has 23 heavy (non-hydrogen) atoms. The van der Waals surface area contributed by atoms with Gasteiger partial charge in [0.15, 0.2) is 17.5 Å². The summed E-state index contributed by atoms with van der Waals surface area (Å²) in [7, 11) is 0. The summed E-state index contributed by atoms with van der Waals surface area (Å²) in [5.41, 5.74) is 6.88. The molecule has 3 rings (SSSR count). The number of rotatable bonds is 4. The third kappa shape index (κ3) is 4.78. The molecular formula is C18H27N3O2. The average Bonchev–Trinajstić information content (AvgIpc) is 2.81. The van der Waals surface area contributed by atoms with E-state index in [1.807, 2.05) is 18.2 Å². The number of nitrogens with one attached hydrogen (secondary N) is 1. The molecule has 3 N–H and O–H groups in total. The van der Waals surface area contributed by atoms with Crippen molar-refractivity contribution < 1.29 is 9.47 Å². The lowest BCUT2D eigenvalue weighted by Gasteiger charge is -2.20. The highest BCUT2D eigenvalue weighted by Crippen LogP contribution is 2.32. The van der Waals surface area contributed by atoms with Gasteiger partial charge in [0.05, 0.1) is 13.2 Å². The molecule has 1 aromatic rings. The number of ether oxygens (including phenoxy) is 2. The summed E-state index contributed by atoms with van der Waals surface area (Å²) in [5.74, 6) is 2.86. The number of aliphatic imine (C=N–C) groups is 1. The molecule has 1 aliphatic heterocycles. The van der Waals surface area contributed by atoms with Gasteiger partial charge in [-0.05, 0) is 24.5 Å². The highest BCUT2D eigenvalue weighted by Gasteiger charge is 2.13. The van der Waals surface area contributed by atoms with Crippen LogP contribution < -0.4 is 20.5 Å². The van der Waals surface area contributed by atoms with E-state index in [9.17, 15) is 0 Å². The number of hydrogen-bond acceptors (Lipinski definition) is 3. The molecular weight excluding hydrogens is 290 g/mol.